The minimum atomic E-state index is 0.395. The van der Waals surface area contributed by atoms with Crippen molar-refractivity contribution in [3.8, 4) is 6.07 Å². The summed E-state index contributed by atoms with van der Waals surface area (Å²) in [4.78, 5) is 1.08. The summed E-state index contributed by atoms with van der Waals surface area (Å²) >= 11 is 7.53. The van der Waals surface area contributed by atoms with E-state index in [4.69, 9.17) is 17.3 Å². The number of nitrogens with zero attached hydrogens (tertiary/aromatic N) is 2. The molecule has 0 amide bonds. The number of halogens is 1. The Labute approximate surface area is 133 Å². The number of aromatic nitrogens is 1. The minimum Gasteiger partial charge on any atom is -0.397 e. The molecule has 0 unspecified atom stereocenters. The summed E-state index contributed by atoms with van der Waals surface area (Å²) in [6, 6.07) is 12.2. The fourth-order valence-electron chi connectivity index (χ4n) is 2.86. The Hall–Kier alpha value is -1.57. The number of benzene rings is 1. The average Bonchev–Trinajstić information content (AvgIpc) is 3.10. The first-order valence-electron chi connectivity index (χ1n) is 7.03. The average molecular weight is 318 g/mol. The Morgan fingerprint density at radius 1 is 1.24 bits per heavy atom. The molecule has 2 aromatic rings. The van der Waals surface area contributed by atoms with Crippen molar-refractivity contribution in [2.75, 3.05) is 5.73 Å². The van der Waals surface area contributed by atoms with Gasteiger partial charge in [-0.1, -0.05) is 36.2 Å². The van der Waals surface area contributed by atoms with Crippen molar-refractivity contribution in [3.05, 3.63) is 41.0 Å². The van der Waals surface area contributed by atoms with Crippen molar-refractivity contribution < 1.29 is 0 Å². The van der Waals surface area contributed by atoms with Gasteiger partial charge in [-0.2, -0.15) is 5.26 Å². The monoisotopic (exact) mass is 317 g/mol. The number of rotatable bonds is 3. The molecule has 0 aliphatic heterocycles. The first-order valence-corrected chi connectivity index (χ1v) is 8.22. The van der Waals surface area contributed by atoms with E-state index in [1.54, 1.807) is 17.8 Å². The molecule has 0 spiro atoms. The van der Waals surface area contributed by atoms with Crippen LogP contribution in [0.1, 0.15) is 37.4 Å². The van der Waals surface area contributed by atoms with Crippen molar-refractivity contribution in [3.63, 3.8) is 0 Å². The molecule has 0 atom stereocenters. The zero-order valence-electron chi connectivity index (χ0n) is 11.6. The molecule has 1 aliphatic carbocycles. The Morgan fingerprint density at radius 3 is 2.52 bits per heavy atom. The summed E-state index contributed by atoms with van der Waals surface area (Å²) in [7, 11) is 0. The summed E-state index contributed by atoms with van der Waals surface area (Å²) in [6.07, 6.45) is 4.69. The first-order chi connectivity index (χ1) is 10.2. The van der Waals surface area contributed by atoms with E-state index in [-0.39, 0.29) is 0 Å². The third-order valence-corrected chi connectivity index (χ3v) is 5.24. The maximum atomic E-state index is 9.37. The number of hydrogen-bond acceptors (Lipinski definition) is 3. The van der Waals surface area contributed by atoms with E-state index in [9.17, 15) is 5.26 Å². The van der Waals surface area contributed by atoms with Gasteiger partial charge in [-0.25, -0.2) is 0 Å². The third kappa shape index (κ3) is 2.90. The number of nitrogens with two attached hydrogens (primary N) is 1. The Kier molecular flexibility index (Phi) is 4.14. The SMILES string of the molecule is N#Cc1cc(N)c(Sc2ccc(Cl)cc2)n1C1CCCC1. The van der Waals surface area contributed by atoms with Gasteiger partial charge in [0.15, 0.2) is 0 Å². The summed E-state index contributed by atoms with van der Waals surface area (Å²) < 4.78 is 2.13. The van der Waals surface area contributed by atoms with E-state index in [1.807, 2.05) is 24.3 Å². The lowest BCUT2D eigenvalue weighted by atomic mass is 10.2. The van der Waals surface area contributed by atoms with Gasteiger partial charge in [-0.3, -0.25) is 0 Å². The number of anilines is 1. The summed E-state index contributed by atoms with van der Waals surface area (Å²) in [5.74, 6) is 0. The maximum Gasteiger partial charge on any atom is 0.123 e. The molecule has 1 aliphatic rings. The lowest BCUT2D eigenvalue weighted by Crippen LogP contribution is -2.08. The predicted octanol–water partition coefficient (Wildman–Crippen LogP) is 4.86. The molecule has 5 heteroatoms. The van der Waals surface area contributed by atoms with Crippen molar-refractivity contribution in [1.29, 1.82) is 5.26 Å². The highest BCUT2D eigenvalue weighted by atomic mass is 35.5. The number of nitrogen functional groups attached to an aromatic ring is 1. The molecule has 1 aromatic heterocycles. The normalized spacial score (nSPS) is 15.2. The first kappa shape index (κ1) is 14.4. The van der Waals surface area contributed by atoms with E-state index >= 15 is 0 Å². The molecule has 0 bridgehead atoms. The van der Waals surface area contributed by atoms with Gasteiger partial charge in [-0.05, 0) is 43.2 Å². The van der Waals surface area contributed by atoms with Crippen LogP contribution in [-0.4, -0.2) is 4.57 Å². The largest absolute Gasteiger partial charge is 0.397 e. The minimum absolute atomic E-state index is 0.395. The zero-order chi connectivity index (χ0) is 14.8. The van der Waals surface area contributed by atoms with Gasteiger partial charge in [0.2, 0.25) is 0 Å². The molecule has 1 heterocycles. The molecular weight excluding hydrogens is 302 g/mol. The lowest BCUT2D eigenvalue weighted by molar-refractivity contribution is 0.485. The highest BCUT2D eigenvalue weighted by Crippen LogP contribution is 2.41. The fraction of sp³-hybridized carbons (Fsp3) is 0.312. The smallest absolute Gasteiger partial charge is 0.123 e. The summed E-state index contributed by atoms with van der Waals surface area (Å²) in [5, 5.41) is 11.1. The Morgan fingerprint density at radius 2 is 1.90 bits per heavy atom. The highest BCUT2D eigenvalue weighted by molar-refractivity contribution is 7.99. The van der Waals surface area contributed by atoms with Gasteiger partial charge in [0.25, 0.3) is 0 Å². The predicted molar refractivity (Wildman–Crippen MR) is 86.6 cm³/mol. The second-order valence-corrected chi connectivity index (χ2v) is 6.76. The molecule has 21 heavy (non-hydrogen) atoms. The van der Waals surface area contributed by atoms with Gasteiger partial charge in [-0.15, -0.1) is 0 Å². The van der Waals surface area contributed by atoms with Crippen LogP contribution < -0.4 is 5.73 Å². The van der Waals surface area contributed by atoms with Crippen molar-refractivity contribution >= 4 is 29.1 Å². The molecular formula is C16H16ClN3S. The van der Waals surface area contributed by atoms with Crippen molar-refractivity contribution in [1.82, 2.24) is 4.57 Å². The molecule has 0 radical (unpaired) electrons. The van der Waals surface area contributed by atoms with E-state index < -0.39 is 0 Å². The maximum absolute atomic E-state index is 9.37. The van der Waals surface area contributed by atoms with Crippen LogP contribution in [0.25, 0.3) is 0 Å². The fourth-order valence-corrected chi connectivity index (χ4v) is 4.00. The molecule has 1 aromatic carbocycles. The third-order valence-electron chi connectivity index (χ3n) is 3.85. The zero-order valence-corrected chi connectivity index (χ0v) is 13.1. The van der Waals surface area contributed by atoms with Crippen LogP contribution in [0.2, 0.25) is 5.02 Å². The Balaban J connectivity index is 1.98. The topological polar surface area (TPSA) is 54.7 Å². The lowest BCUT2D eigenvalue weighted by Gasteiger charge is -2.17. The highest BCUT2D eigenvalue weighted by Gasteiger charge is 2.24. The molecule has 3 rings (SSSR count). The second-order valence-electron chi connectivity index (χ2n) is 5.27. The van der Waals surface area contributed by atoms with Crippen LogP contribution in [0.4, 0.5) is 5.69 Å². The van der Waals surface area contributed by atoms with Crippen LogP contribution in [0.3, 0.4) is 0 Å². The van der Waals surface area contributed by atoms with Gasteiger partial charge < -0.3 is 10.3 Å². The number of nitriles is 1. The van der Waals surface area contributed by atoms with Gasteiger partial charge in [0.05, 0.1) is 5.69 Å². The Bertz CT molecular complexity index is 679. The van der Waals surface area contributed by atoms with Gasteiger partial charge in [0, 0.05) is 16.0 Å². The summed E-state index contributed by atoms with van der Waals surface area (Å²) in [6.45, 7) is 0. The van der Waals surface area contributed by atoms with Crippen molar-refractivity contribution in [2.24, 2.45) is 0 Å². The van der Waals surface area contributed by atoms with Crippen molar-refractivity contribution in [2.45, 2.75) is 41.6 Å². The molecule has 0 saturated heterocycles. The molecule has 108 valence electrons. The molecule has 1 saturated carbocycles. The van der Waals surface area contributed by atoms with E-state index in [0.717, 1.165) is 27.8 Å². The number of hydrogen-bond donors (Lipinski definition) is 1. The summed E-state index contributed by atoms with van der Waals surface area (Å²) in [5.41, 5.74) is 7.49. The second kappa shape index (κ2) is 6.05. The van der Waals surface area contributed by atoms with Crippen LogP contribution in [0, 0.1) is 11.3 Å². The van der Waals surface area contributed by atoms with E-state index in [2.05, 4.69) is 10.6 Å². The van der Waals surface area contributed by atoms with Crippen LogP contribution >= 0.6 is 23.4 Å². The quantitative estimate of drug-likeness (QED) is 0.879. The van der Waals surface area contributed by atoms with Gasteiger partial charge >= 0.3 is 0 Å². The van der Waals surface area contributed by atoms with Crippen LogP contribution in [-0.2, 0) is 0 Å². The molecule has 1 fully saturated rings. The van der Waals surface area contributed by atoms with Gasteiger partial charge in [0.1, 0.15) is 16.8 Å². The van der Waals surface area contributed by atoms with E-state index in [0.29, 0.717) is 17.4 Å². The van der Waals surface area contributed by atoms with E-state index in [1.165, 1.54) is 12.8 Å². The molecule has 2 N–H and O–H groups in total. The van der Waals surface area contributed by atoms with Crippen LogP contribution in [0.15, 0.2) is 40.3 Å². The van der Waals surface area contributed by atoms with Crippen LogP contribution in [0.5, 0.6) is 0 Å². The molecule has 3 nitrogen and oxygen atoms in total. The standard InChI is InChI=1S/C16H16ClN3S/c17-11-5-7-14(8-6-11)21-16-15(19)9-13(10-18)20(16)12-3-1-2-4-12/h5-9,12H,1-4,19H2.